The highest BCUT2D eigenvalue weighted by atomic mass is 16.3. The second kappa shape index (κ2) is 12.5. The van der Waals surface area contributed by atoms with Gasteiger partial charge in [-0.2, -0.15) is 0 Å². The lowest BCUT2D eigenvalue weighted by molar-refractivity contribution is 0.607. The average Bonchev–Trinajstić information content (AvgIpc) is 3.77. The first-order valence-electron chi connectivity index (χ1n) is 20.4. The molecule has 0 N–H and O–H groups in total. The lowest BCUT2D eigenvalue weighted by Gasteiger charge is -2.32. The van der Waals surface area contributed by atoms with Crippen molar-refractivity contribution in [2.45, 2.75) is 43.9 Å². The number of furan rings is 1. The Labute approximate surface area is 337 Å². The molecule has 276 valence electrons. The van der Waals surface area contributed by atoms with E-state index in [4.69, 9.17) is 19.4 Å². The van der Waals surface area contributed by atoms with Crippen LogP contribution in [-0.2, 0) is 5.41 Å². The first-order valence-corrected chi connectivity index (χ1v) is 20.4. The summed E-state index contributed by atoms with van der Waals surface area (Å²) >= 11 is 0. The van der Waals surface area contributed by atoms with Crippen molar-refractivity contribution >= 4 is 39.7 Å². The van der Waals surface area contributed by atoms with E-state index in [1.54, 1.807) is 0 Å². The molecule has 0 amide bonds. The molecular weight excluding hydrogens is 707 g/mol. The van der Waals surface area contributed by atoms with E-state index in [-0.39, 0.29) is 5.41 Å². The van der Waals surface area contributed by atoms with Crippen LogP contribution in [0.2, 0.25) is 0 Å². The minimum absolute atomic E-state index is 0.0571. The lowest BCUT2D eigenvalue weighted by Crippen LogP contribution is -2.17. The Morgan fingerprint density at radius 1 is 0.552 bits per heavy atom. The third-order valence-electron chi connectivity index (χ3n) is 13.1. The zero-order valence-corrected chi connectivity index (χ0v) is 32.4. The van der Waals surface area contributed by atoms with Gasteiger partial charge < -0.3 is 4.42 Å². The third kappa shape index (κ3) is 5.04. The fraction of sp³-hybridized carbons (Fsp3) is 0.130. The second-order valence-corrected chi connectivity index (χ2v) is 16.6. The van der Waals surface area contributed by atoms with Crippen LogP contribution in [0, 0.1) is 0 Å². The van der Waals surface area contributed by atoms with Crippen LogP contribution >= 0.6 is 0 Å². The summed E-state index contributed by atoms with van der Waals surface area (Å²) in [4.78, 5) is 15.6. The van der Waals surface area contributed by atoms with Crippen molar-refractivity contribution in [3.63, 3.8) is 0 Å². The Balaban J connectivity index is 0.977. The van der Waals surface area contributed by atoms with Gasteiger partial charge in [0.05, 0.1) is 0 Å². The van der Waals surface area contributed by atoms with Gasteiger partial charge in [0.2, 0.25) is 0 Å². The summed E-state index contributed by atoms with van der Waals surface area (Å²) < 4.78 is 6.53. The van der Waals surface area contributed by atoms with Crippen molar-refractivity contribution in [1.82, 2.24) is 15.0 Å². The summed E-state index contributed by atoms with van der Waals surface area (Å²) in [7, 11) is 0. The highest BCUT2D eigenvalue weighted by Crippen LogP contribution is 2.51. The topological polar surface area (TPSA) is 51.8 Å². The molecule has 2 heterocycles. The molecule has 2 aromatic heterocycles. The molecule has 0 saturated heterocycles. The number of hydrogen-bond acceptors (Lipinski definition) is 4. The van der Waals surface area contributed by atoms with Gasteiger partial charge in [0.25, 0.3) is 0 Å². The SMILES string of the molecule is CC1(C)C2=C(C=CCC2)c2ccc(-c3nc(-c4ccccc4)nc(-c4cccc5oc6ccc(-c7ccc8c(c7)C=CC7c9ccccc9C=CC87)cc6c45)n3)cc21. The van der Waals surface area contributed by atoms with E-state index in [0.717, 1.165) is 57.0 Å². The molecule has 12 rings (SSSR count). The van der Waals surface area contributed by atoms with Crippen LogP contribution in [-0.4, -0.2) is 15.0 Å². The fourth-order valence-electron chi connectivity index (χ4n) is 10.1. The monoisotopic (exact) mass is 745 g/mol. The summed E-state index contributed by atoms with van der Waals surface area (Å²) in [5.41, 5.74) is 17.7. The van der Waals surface area contributed by atoms with Crippen LogP contribution in [0.4, 0.5) is 0 Å². The number of aromatic nitrogens is 3. The molecule has 58 heavy (non-hydrogen) atoms. The van der Waals surface area contributed by atoms with Crippen LogP contribution < -0.4 is 0 Å². The van der Waals surface area contributed by atoms with Crippen LogP contribution in [0.1, 0.15) is 71.9 Å². The van der Waals surface area contributed by atoms with E-state index in [1.165, 1.54) is 50.1 Å². The summed E-state index contributed by atoms with van der Waals surface area (Å²) in [6, 6.07) is 45.4. The first kappa shape index (κ1) is 33.3. The smallest absolute Gasteiger partial charge is 0.164 e. The van der Waals surface area contributed by atoms with Crippen molar-refractivity contribution < 1.29 is 4.42 Å². The molecular formula is C54H39N3O. The standard InChI is InChI=1S/C54H39N3O/c1-54(2)46-17-9-8-15-42(46)43-27-22-37(31-47(43)54)52-55-51(33-12-4-3-5-13-33)56-53(57-52)44-16-10-18-49-50(44)45-30-35(23-28-48(45)58-49)34-20-24-39-36(29-34)21-26-40-38-14-7-6-11-32(38)19-25-41(39)40/h3-8,10-16,18-31,40-41H,9,17H2,1-2H3. The minimum atomic E-state index is -0.0571. The maximum atomic E-state index is 6.53. The Kier molecular flexibility index (Phi) is 7.19. The summed E-state index contributed by atoms with van der Waals surface area (Å²) in [6.07, 6.45) is 16.2. The van der Waals surface area contributed by atoms with Crippen LogP contribution in [0.3, 0.4) is 0 Å². The molecule has 8 aromatic rings. The molecule has 2 unspecified atom stereocenters. The van der Waals surface area contributed by atoms with Crippen molar-refractivity contribution in [3.8, 4) is 45.3 Å². The van der Waals surface area contributed by atoms with Crippen molar-refractivity contribution in [1.29, 1.82) is 0 Å². The molecule has 6 aromatic carbocycles. The van der Waals surface area contributed by atoms with Crippen LogP contribution in [0.15, 0.2) is 162 Å². The van der Waals surface area contributed by atoms with Crippen LogP contribution in [0.5, 0.6) is 0 Å². The van der Waals surface area contributed by atoms with E-state index in [0.29, 0.717) is 29.3 Å². The highest BCUT2D eigenvalue weighted by Gasteiger charge is 2.37. The van der Waals surface area contributed by atoms with Gasteiger partial charge in [0.15, 0.2) is 17.5 Å². The van der Waals surface area contributed by atoms with Gasteiger partial charge >= 0.3 is 0 Å². The summed E-state index contributed by atoms with van der Waals surface area (Å²) in [6.45, 7) is 4.71. The van der Waals surface area contributed by atoms with E-state index < -0.39 is 0 Å². The highest BCUT2D eigenvalue weighted by molar-refractivity contribution is 6.12. The number of fused-ring (bicyclic) bond motifs is 10. The molecule has 0 spiro atoms. The predicted octanol–water partition coefficient (Wildman–Crippen LogP) is 13.8. The molecule has 0 radical (unpaired) electrons. The normalized spacial score (nSPS) is 18.2. The van der Waals surface area contributed by atoms with Gasteiger partial charge in [-0.3, -0.25) is 0 Å². The molecule has 4 heteroatoms. The quantitative estimate of drug-likeness (QED) is 0.180. The van der Waals surface area contributed by atoms with E-state index >= 15 is 0 Å². The van der Waals surface area contributed by atoms with Gasteiger partial charge in [0, 0.05) is 44.7 Å². The first-order chi connectivity index (χ1) is 28.5. The van der Waals surface area contributed by atoms with E-state index in [1.807, 2.05) is 30.3 Å². The molecule has 0 fully saturated rings. The third-order valence-corrected chi connectivity index (χ3v) is 13.1. The number of nitrogens with zero attached hydrogens (tertiary/aromatic N) is 3. The molecule has 0 aliphatic heterocycles. The van der Waals surface area contributed by atoms with E-state index in [2.05, 4.69) is 147 Å². The lowest BCUT2D eigenvalue weighted by atomic mass is 9.71. The van der Waals surface area contributed by atoms with Crippen molar-refractivity contribution in [2.24, 2.45) is 0 Å². The van der Waals surface area contributed by atoms with Crippen molar-refractivity contribution in [3.05, 3.63) is 191 Å². The van der Waals surface area contributed by atoms with Gasteiger partial charge in [0.1, 0.15) is 11.2 Å². The van der Waals surface area contributed by atoms with Crippen LogP contribution in [0.25, 0.3) is 85.0 Å². The number of allylic oxidation sites excluding steroid dienone is 6. The van der Waals surface area contributed by atoms with Gasteiger partial charge in [-0.15, -0.1) is 0 Å². The average molecular weight is 746 g/mol. The number of hydrogen-bond donors (Lipinski definition) is 0. The summed E-state index contributed by atoms with van der Waals surface area (Å²) in [5, 5.41) is 2.04. The fourth-order valence-corrected chi connectivity index (χ4v) is 10.1. The van der Waals surface area contributed by atoms with Gasteiger partial charge in [-0.05, 0) is 93.3 Å². The zero-order chi connectivity index (χ0) is 38.5. The maximum absolute atomic E-state index is 6.53. The molecule has 4 nitrogen and oxygen atoms in total. The Morgan fingerprint density at radius 3 is 2.16 bits per heavy atom. The summed E-state index contributed by atoms with van der Waals surface area (Å²) in [5.74, 6) is 2.62. The Morgan fingerprint density at radius 2 is 1.28 bits per heavy atom. The Bertz CT molecular complexity index is 3160. The van der Waals surface area contributed by atoms with Gasteiger partial charge in [-0.25, -0.2) is 15.0 Å². The number of benzene rings is 6. The molecule has 4 aliphatic rings. The molecule has 2 atom stereocenters. The molecule has 0 saturated carbocycles. The minimum Gasteiger partial charge on any atom is -0.456 e. The van der Waals surface area contributed by atoms with Crippen molar-refractivity contribution in [2.75, 3.05) is 0 Å². The largest absolute Gasteiger partial charge is 0.456 e. The predicted molar refractivity (Wildman–Crippen MR) is 237 cm³/mol. The maximum Gasteiger partial charge on any atom is 0.164 e. The van der Waals surface area contributed by atoms with E-state index in [9.17, 15) is 0 Å². The number of rotatable bonds is 4. The molecule has 0 bridgehead atoms. The zero-order valence-electron chi connectivity index (χ0n) is 32.4. The Hall–Kier alpha value is -6.91. The second-order valence-electron chi connectivity index (χ2n) is 16.6. The van der Waals surface area contributed by atoms with Gasteiger partial charge in [-0.1, -0.05) is 153 Å². The molecule has 4 aliphatic carbocycles.